The molecule has 1 aromatic heterocycles. The summed E-state index contributed by atoms with van der Waals surface area (Å²) in [6, 6.07) is 3.49. The monoisotopic (exact) mass is 325 g/mol. The third kappa shape index (κ3) is 4.49. The number of aromatic nitrogens is 1. The number of halogens is 3. The molecule has 2 heterocycles. The molecular formula is C12H18Cl3N3O. The van der Waals surface area contributed by atoms with Crippen molar-refractivity contribution in [2.45, 2.75) is 25.3 Å². The predicted octanol–water partition coefficient (Wildman–Crippen LogP) is 2.53. The standard InChI is InChI=1S/C12H16ClN3O.2ClH/c13-9-4-5-11(15-8-9)12(17)16-6-2-1-3-10(16)7-14;;/h4-5,8,10H,1-3,6-7,14H2;2*1H. The van der Waals surface area contributed by atoms with Gasteiger partial charge in [-0.1, -0.05) is 11.6 Å². The molecule has 19 heavy (non-hydrogen) atoms. The molecule has 1 aliphatic rings. The maximum atomic E-state index is 12.2. The van der Waals surface area contributed by atoms with E-state index in [-0.39, 0.29) is 36.8 Å². The van der Waals surface area contributed by atoms with Crippen molar-refractivity contribution in [1.82, 2.24) is 9.88 Å². The van der Waals surface area contributed by atoms with Gasteiger partial charge in [0, 0.05) is 25.3 Å². The molecule has 0 spiro atoms. The van der Waals surface area contributed by atoms with Gasteiger partial charge in [-0.05, 0) is 31.4 Å². The number of carbonyl (C=O) groups excluding carboxylic acids is 1. The molecule has 4 nitrogen and oxygen atoms in total. The fourth-order valence-electron chi connectivity index (χ4n) is 2.16. The third-order valence-electron chi connectivity index (χ3n) is 3.11. The van der Waals surface area contributed by atoms with E-state index in [1.54, 1.807) is 12.1 Å². The molecule has 1 saturated heterocycles. The predicted molar refractivity (Wildman–Crippen MR) is 81.5 cm³/mol. The Bertz CT molecular complexity index is 400. The fraction of sp³-hybridized carbons (Fsp3) is 0.500. The Labute approximate surface area is 130 Å². The Balaban J connectivity index is 0.00000162. The average Bonchev–Trinajstić information content (AvgIpc) is 2.39. The number of carbonyl (C=O) groups is 1. The van der Waals surface area contributed by atoms with E-state index in [2.05, 4.69) is 4.98 Å². The molecule has 1 amide bonds. The van der Waals surface area contributed by atoms with Crippen molar-refractivity contribution in [3.05, 3.63) is 29.0 Å². The quantitative estimate of drug-likeness (QED) is 0.908. The van der Waals surface area contributed by atoms with Gasteiger partial charge in [0.05, 0.1) is 5.02 Å². The van der Waals surface area contributed by atoms with Crippen molar-refractivity contribution in [1.29, 1.82) is 0 Å². The molecule has 1 aromatic rings. The van der Waals surface area contributed by atoms with Gasteiger partial charge in [0.1, 0.15) is 5.69 Å². The van der Waals surface area contributed by atoms with E-state index in [0.29, 0.717) is 17.3 Å². The van der Waals surface area contributed by atoms with E-state index in [4.69, 9.17) is 17.3 Å². The minimum atomic E-state index is -0.0446. The second-order valence-electron chi connectivity index (χ2n) is 4.25. The molecule has 0 bridgehead atoms. The third-order valence-corrected chi connectivity index (χ3v) is 3.33. The Morgan fingerprint density at radius 2 is 2.16 bits per heavy atom. The zero-order valence-electron chi connectivity index (χ0n) is 10.4. The van der Waals surface area contributed by atoms with Gasteiger partial charge in [-0.2, -0.15) is 0 Å². The van der Waals surface area contributed by atoms with Crippen molar-refractivity contribution in [3.63, 3.8) is 0 Å². The average molecular weight is 327 g/mol. The molecular weight excluding hydrogens is 309 g/mol. The van der Waals surface area contributed by atoms with Gasteiger partial charge in [0.2, 0.25) is 0 Å². The number of likely N-dealkylation sites (tertiary alicyclic amines) is 1. The molecule has 1 fully saturated rings. The summed E-state index contributed by atoms with van der Waals surface area (Å²) in [6.07, 6.45) is 4.65. The first-order chi connectivity index (χ1) is 8.22. The Kier molecular flexibility index (Phi) is 8.34. The molecule has 2 rings (SSSR count). The van der Waals surface area contributed by atoms with Crippen LogP contribution in [0.3, 0.4) is 0 Å². The van der Waals surface area contributed by atoms with Crippen LogP contribution in [-0.2, 0) is 0 Å². The zero-order chi connectivity index (χ0) is 12.3. The van der Waals surface area contributed by atoms with Gasteiger partial charge in [-0.15, -0.1) is 24.8 Å². The second kappa shape index (κ2) is 8.59. The van der Waals surface area contributed by atoms with Gasteiger partial charge in [-0.25, -0.2) is 4.98 Å². The highest BCUT2D eigenvalue weighted by atomic mass is 35.5. The molecule has 0 aliphatic carbocycles. The van der Waals surface area contributed by atoms with Crippen molar-refractivity contribution >= 4 is 42.3 Å². The molecule has 7 heteroatoms. The summed E-state index contributed by atoms with van der Waals surface area (Å²) in [5.74, 6) is -0.0446. The van der Waals surface area contributed by atoms with Crippen molar-refractivity contribution < 1.29 is 4.79 Å². The highest BCUT2D eigenvalue weighted by Crippen LogP contribution is 2.18. The maximum absolute atomic E-state index is 12.2. The molecule has 2 N–H and O–H groups in total. The summed E-state index contributed by atoms with van der Waals surface area (Å²) >= 11 is 5.75. The van der Waals surface area contributed by atoms with Crippen molar-refractivity contribution in [2.75, 3.05) is 13.1 Å². The number of piperidine rings is 1. The Hall–Kier alpha value is -0.550. The van der Waals surface area contributed by atoms with Crippen LogP contribution >= 0.6 is 36.4 Å². The smallest absolute Gasteiger partial charge is 0.272 e. The number of nitrogens with zero attached hydrogens (tertiary/aromatic N) is 2. The van der Waals surface area contributed by atoms with Crippen LogP contribution in [0.15, 0.2) is 18.3 Å². The van der Waals surface area contributed by atoms with E-state index < -0.39 is 0 Å². The Morgan fingerprint density at radius 1 is 1.42 bits per heavy atom. The van der Waals surface area contributed by atoms with Crippen molar-refractivity contribution in [3.8, 4) is 0 Å². The SMILES string of the molecule is Cl.Cl.NCC1CCCCN1C(=O)c1ccc(Cl)cn1. The number of hydrogen-bond donors (Lipinski definition) is 1. The lowest BCUT2D eigenvalue weighted by Gasteiger charge is -2.34. The first kappa shape index (κ1) is 18.4. The van der Waals surface area contributed by atoms with Crippen molar-refractivity contribution in [2.24, 2.45) is 5.73 Å². The molecule has 1 unspecified atom stereocenters. The number of nitrogens with two attached hydrogens (primary N) is 1. The highest BCUT2D eigenvalue weighted by Gasteiger charge is 2.26. The van der Waals surface area contributed by atoms with Gasteiger partial charge < -0.3 is 10.6 Å². The minimum absolute atomic E-state index is 0. The van der Waals surface area contributed by atoms with Crippen LogP contribution in [0.5, 0.6) is 0 Å². The second-order valence-corrected chi connectivity index (χ2v) is 4.68. The van der Waals surface area contributed by atoms with Crippen LogP contribution in [0.1, 0.15) is 29.8 Å². The number of hydrogen-bond acceptors (Lipinski definition) is 3. The van der Waals surface area contributed by atoms with E-state index in [1.165, 1.54) is 6.20 Å². The van der Waals surface area contributed by atoms with Crippen LogP contribution in [0.2, 0.25) is 5.02 Å². The van der Waals surface area contributed by atoms with Gasteiger partial charge in [0.25, 0.3) is 5.91 Å². The number of amides is 1. The summed E-state index contributed by atoms with van der Waals surface area (Å²) in [6.45, 7) is 1.28. The lowest BCUT2D eigenvalue weighted by atomic mass is 10.0. The normalized spacial score (nSPS) is 18.2. The molecule has 0 aromatic carbocycles. The fourth-order valence-corrected chi connectivity index (χ4v) is 2.27. The van der Waals surface area contributed by atoms with E-state index in [9.17, 15) is 4.79 Å². The Morgan fingerprint density at radius 3 is 2.74 bits per heavy atom. The molecule has 1 atom stereocenters. The van der Waals surface area contributed by atoms with Crippen LogP contribution < -0.4 is 5.73 Å². The van der Waals surface area contributed by atoms with E-state index >= 15 is 0 Å². The van der Waals surface area contributed by atoms with Gasteiger partial charge in [0.15, 0.2) is 0 Å². The largest absolute Gasteiger partial charge is 0.333 e. The van der Waals surface area contributed by atoms with Crippen LogP contribution in [-0.4, -0.2) is 34.9 Å². The van der Waals surface area contributed by atoms with Gasteiger partial charge in [-0.3, -0.25) is 4.79 Å². The maximum Gasteiger partial charge on any atom is 0.272 e. The lowest BCUT2D eigenvalue weighted by Crippen LogP contribution is -2.47. The summed E-state index contributed by atoms with van der Waals surface area (Å²) < 4.78 is 0. The highest BCUT2D eigenvalue weighted by molar-refractivity contribution is 6.30. The summed E-state index contributed by atoms with van der Waals surface area (Å²) in [4.78, 5) is 18.1. The minimum Gasteiger partial charge on any atom is -0.333 e. The van der Waals surface area contributed by atoms with Crippen LogP contribution in [0.4, 0.5) is 0 Å². The zero-order valence-corrected chi connectivity index (χ0v) is 12.8. The number of rotatable bonds is 2. The summed E-state index contributed by atoms with van der Waals surface area (Å²) in [7, 11) is 0. The topological polar surface area (TPSA) is 59.2 Å². The first-order valence-electron chi connectivity index (χ1n) is 5.85. The molecule has 0 saturated carbocycles. The number of pyridine rings is 1. The molecule has 1 aliphatic heterocycles. The molecule has 108 valence electrons. The van der Waals surface area contributed by atoms with E-state index in [0.717, 1.165) is 25.8 Å². The lowest BCUT2D eigenvalue weighted by molar-refractivity contribution is 0.0617. The summed E-state index contributed by atoms with van der Waals surface area (Å²) in [5.41, 5.74) is 6.14. The summed E-state index contributed by atoms with van der Waals surface area (Å²) in [5, 5.41) is 0.538. The first-order valence-corrected chi connectivity index (χ1v) is 6.23. The van der Waals surface area contributed by atoms with E-state index in [1.807, 2.05) is 4.90 Å². The van der Waals surface area contributed by atoms with Crippen LogP contribution in [0, 0.1) is 0 Å². The van der Waals surface area contributed by atoms with Crippen LogP contribution in [0.25, 0.3) is 0 Å². The van der Waals surface area contributed by atoms with Gasteiger partial charge >= 0.3 is 0 Å². The molecule has 0 radical (unpaired) electrons.